The number of nitrogens with zero attached hydrogens (tertiary/aromatic N) is 2. The molecule has 0 spiro atoms. The minimum Gasteiger partial charge on any atom is -0.451 e. The van der Waals surface area contributed by atoms with E-state index in [1.807, 2.05) is 71.0 Å². The van der Waals surface area contributed by atoms with Crippen LogP contribution in [0.3, 0.4) is 0 Å². The fourth-order valence-corrected chi connectivity index (χ4v) is 7.07. The summed E-state index contributed by atoms with van der Waals surface area (Å²) in [6.45, 7) is 5.98. The zero-order valence-electron chi connectivity index (χ0n) is 25.1. The highest BCUT2D eigenvalue weighted by atomic mass is 32.2. The zero-order chi connectivity index (χ0) is 31.0. The molecular formula is C34H37N3O6S. The Bertz CT molecular complexity index is 1460. The lowest BCUT2D eigenvalue weighted by atomic mass is 9.94. The predicted octanol–water partition coefficient (Wildman–Crippen LogP) is 5.09. The summed E-state index contributed by atoms with van der Waals surface area (Å²) < 4.78 is 11.6. The first-order valence-corrected chi connectivity index (χ1v) is 16.0. The summed E-state index contributed by atoms with van der Waals surface area (Å²) in [5.41, 5.74) is 2.01. The van der Waals surface area contributed by atoms with E-state index in [4.69, 9.17) is 9.47 Å². The number of carbonyl (C=O) groups excluding carboxylic acids is 4. The standard InChI is InChI=1S/C34H37N3O6S/c1-34(2,3)43-33(41)35-26-30(39)37-27(32(40)42-28(21-11-6-4-7-12-21)22-13-8-5-9-14-22)24(20-44-31(26)37)19-23-15-10-18-36(29(23)38)25-16-17-25/h4-9,11-14,19-20,25-28,31H,10,15-18H2,1-3H3,(H,35,41)/b23-19+/t26-,27+,31-/m1/s1. The molecule has 1 N–H and O–H groups in total. The Kier molecular flexibility index (Phi) is 8.28. The number of β-lactam (4-membered cyclic amide) rings is 1. The molecule has 3 amide bonds. The second-order valence-electron chi connectivity index (χ2n) is 12.6. The number of alkyl carbamates (subject to hydrolysis) is 1. The van der Waals surface area contributed by atoms with Crippen LogP contribution in [-0.2, 0) is 23.9 Å². The van der Waals surface area contributed by atoms with Crippen molar-refractivity contribution in [3.8, 4) is 0 Å². The van der Waals surface area contributed by atoms with Crippen LogP contribution < -0.4 is 5.32 Å². The average Bonchev–Trinajstić information content (AvgIpc) is 3.85. The number of likely N-dealkylation sites (tertiary alicyclic amines) is 1. The van der Waals surface area contributed by atoms with Gasteiger partial charge in [0.2, 0.25) is 11.8 Å². The van der Waals surface area contributed by atoms with Gasteiger partial charge in [0, 0.05) is 18.2 Å². The van der Waals surface area contributed by atoms with E-state index in [1.54, 1.807) is 26.8 Å². The maximum Gasteiger partial charge on any atom is 0.408 e. The fraction of sp³-hybridized carbons (Fsp3) is 0.412. The number of piperidine rings is 1. The van der Waals surface area contributed by atoms with Crippen molar-refractivity contribution in [2.75, 3.05) is 6.54 Å². The number of hydrogen-bond donors (Lipinski definition) is 1. The molecule has 0 bridgehead atoms. The van der Waals surface area contributed by atoms with Crippen molar-refractivity contribution >= 4 is 35.6 Å². The molecule has 2 aromatic carbocycles. The van der Waals surface area contributed by atoms with Crippen molar-refractivity contribution in [1.29, 1.82) is 0 Å². The van der Waals surface area contributed by atoms with Crippen molar-refractivity contribution in [3.05, 3.63) is 94.4 Å². The molecule has 0 unspecified atom stereocenters. The van der Waals surface area contributed by atoms with Crippen LogP contribution in [0.2, 0.25) is 0 Å². The normalized spacial score (nSPS) is 24.4. The Morgan fingerprint density at radius 1 is 1.00 bits per heavy atom. The molecular weight excluding hydrogens is 578 g/mol. The van der Waals surface area contributed by atoms with Gasteiger partial charge in [0.15, 0.2) is 12.1 Å². The third-order valence-corrected chi connectivity index (χ3v) is 9.25. The Balaban J connectivity index is 1.31. The molecule has 9 nitrogen and oxygen atoms in total. The molecule has 230 valence electrons. The van der Waals surface area contributed by atoms with Gasteiger partial charge in [0.05, 0.1) is 0 Å². The number of esters is 1. The molecule has 0 radical (unpaired) electrons. The van der Waals surface area contributed by atoms with Crippen LogP contribution in [-0.4, -0.2) is 69.3 Å². The van der Waals surface area contributed by atoms with Gasteiger partial charge in [-0.25, -0.2) is 9.59 Å². The number of thioether (sulfide) groups is 1. The molecule has 3 fully saturated rings. The quantitative estimate of drug-likeness (QED) is 0.263. The van der Waals surface area contributed by atoms with Gasteiger partial charge in [-0.15, -0.1) is 11.8 Å². The smallest absolute Gasteiger partial charge is 0.408 e. The Labute approximate surface area is 261 Å². The first-order chi connectivity index (χ1) is 21.1. The van der Waals surface area contributed by atoms with E-state index in [0.717, 1.165) is 36.9 Å². The van der Waals surface area contributed by atoms with Gasteiger partial charge in [0.1, 0.15) is 17.0 Å². The molecule has 3 atom stereocenters. The fourth-order valence-electron chi connectivity index (χ4n) is 5.88. The molecule has 10 heteroatoms. The minimum absolute atomic E-state index is 0.00950. The van der Waals surface area contributed by atoms with Gasteiger partial charge in [-0.2, -0.15) is 0 Å². The van der Waals surface area contributed by atoms with Crippen molar-refractivity contribution in [2.45, 2.75) is 81.7 Å². The number of ether oxygens (including phenoxy) is 2. The summed E-state index contributed by atoms with van der Waals surface area (Å²) >= 11 is 1.33. The number of rotatable bonds is 7. The van der Waals surface area contributed by atoms with Crippen LogP contribution in [0, 0.1) is 0 Å². The van der Waals surface area contributed by atoms with Crippen LogP contribution in [0.5, 0.6) is 0 Å². The number of amides is 3. The van der Waals surface area contributed by atoms with E-state index in [0.29, 0.717) is 23.6 Å². The largest absolute Gasteiger partial charge is 0.451 e. The molecule has 6 rings (SSSR count). The van der Waals surface area contributed by atoms with Crippen molar-refractivity contribution in [3.63, 3.8) is 0 Å². The maximum absolute atomic E-state index is 14.2. The number of nitrogens with one attached hydrogen (secondary N) is 1. The monoisotopic (exact) mass is 615 g/mol. The molecule has 2 saturated heterocycles. The predicted molar refractivity (Wildman–Crippen MR) is 166 cm³/mol. The Hall–Kier alpha value is -4.05. The first kappa shape index (κ1) is 30.0. The van der Waals surface area contributed by atoms with E-state index in [-0.39, 0.29) is 5.91 Å². The van der Waals surface area contributed by atoms with Gasteiger partial charge in [-0.1, -0.05) is 60.7 Å². The third kappa shape index (κ3) is 6.26. The molecule has 0 aromatic heterocycles. The summed E-state index contributed by atoms with van der Waals surface area (Å²) in [5, 5.41) is 3.96. The summed E-state index contributed by atoms with van der Waals surface area (Å²) in [6, 6.07) is 17.2. The summed E-state index contributed by atoms with van der Waals surface area (Å²) in [4.78, 5) is 57.1. The SMILES string of the molecule is CC(C)(C)OC(=O)N[C@@H]1C(=O)N2[C@H](C(=O)OC(c3ccccc3)c3ccccc3)C(/C=C3\CCCN(C4CC4)C3=O)=CS[C@H]12. The minimum atomic E-state index is -1.09. The molecule has 1 saturated carbocycles. The lowest BCUT2D eigenvalue weighted by Crippen LogP contribution is -2.74. The first-order valence-electron chi connectivity index (χ1n) is 15.1. The molecule has 4 aliphatic rings. The lowest BCUT2D eigenvalue weighted by Gasteiger charge is -2.51. The second kappa shape index (κ2) is 12.1. The topological polar surface area (TPSA) is 105 Å². The van der Waals surface area contributed by atoms with Crippen LogP contribution >= 0.6 is 11.8 Å². The van der Waals surface area contributed by atoms with E-state index < -0.39 is 47.1 Å². The highest BCUT2D eigenvalue weighted by molar-refractivity contribution is 8.03. The van der Waals surface area contributed by atoms with Crippen molar-refractivity contribution < 1.29 is 28.7 Å². The highest BCUT2D eigenvalue weighted by Crippen LogP contribution is 2.42. The van der Waals surface area contributed by atoms with Gasteiger partial charge in [0.25, 0.3) is 0 Å². The summed E-state index contributed by atoms with van der Waals surface area (Å²) in [6.07, 6.45) is 3.84. The van der Waals surface area contributed by atoms with Crippen LogP contribution in [0.15, 0.2) is 83.3 Å². The van der Waals surface area contributed by atoms with E-state index in [1.165, 1.54) is 16.7 Å². The van der Waals surface area contributed by atoms with Gasteiger partial charge in [-0.05, 0) is 74.6 Å². The highest BCUT2D eigenvalue weighted by Gasteiger charge is 2.56. The van der Waals surface area contributed by atoms with Crippen molar-refractivity contribution in [1.82, 2.24) is 15.1 Å². The molecule has 2 aromatic rings. The van der Waals surface area contributed by atoms with Gasteiger partial charge in [-0.3, -0.25) is 9.59 Å². The average molecular weight is 616 g/mol. The number of hydrogen-bond acceptors (Lipinski definition) is 7. The van der Waals surface area contributed by atoms with Gasteiger partial charge < -0.3 is 24.6 Å². The summed E-state index contributed by atoms with van der Waals surface area (Å²) in [7, 11) is 0. The van der Waals surface area contributed by atoms with Crippen LogP contribution in [0.25, 0.3) is 0 Å². The van der Waals surface area contributed by atoms with Crippen LogP contribution in [0.4, 0.5) is 4.79 Å². The molecule has 1 aliphatic carbocycles. The van der Waals surface area contributed by atoms with Gasteiger partial charge >= 0.3 is 12.1 Å². The number of carbonyl (C=O) groups is 4. The Morgan fingerprint density at radius 2 is 1.64 bits per heavy atom. The number of benzene rings is 2. The molecule has 3 aliphatic heterocycles. The number of fused-ring (bicyclic) bond motifs is 1. The van der Waals surface area contributed by atoms with E-state index in [9.17, 15) is 19.2 Å². The maximum atomic E-state index is 14.2. The van der Waals surface area contributed by atoms with Crippen molar-refractivity contribution in [2.24, 2.45) is 0 Å². The lowest BCUT2D eigenvalue weighted by molar-refractivity contribution is -0.164. The van der Waals surface area contributed by atoms with E-state index in [2.05, 4.69) is 5.32 Å². The Morgan fingerprint density at radius 3 is 2.23 bits per heavy atom. The second-order valence-corrected chi connectivity index (χ2v) is 13.5. The zero-order valence-corrected chi connectivity index (χ0v) is 25.9. The molecule has 3 heterocycles. The summed E-state index contributed by atoms with van der Waals surface area (Å²) in [5.74, 6) is -1.03. The van der Waals surface area contributed by atoms with E-state index >= 15 is 0 Å². The molecule has 44 heavy (non-hydrogen) atoms. The van der Waals surface area contributed by atoms with Crippen LogP contribution in [0.1, 0.15) is 63.7 Å². The third-order valence-electron chi connectivity index (χ3n) is 8.06.